The van der Waals surface area contributed by atoms with Gasteiger partial charge >= 0.3 is 11.9 Å². The highest BCUT2D eigenvalue weighted by Gasteiger charge is 2.25. The lowest BCUT2D eigenvalue weighted by Gasteiger charge is -2.16. The number of amides is 1. The van der Waals surface area contributed by atoms with Crippen molar-refractivity contribution in [1.29, 1.82) is 0 Å². The summed E-state index contributed by atoms with van der Waals surface area (Å²) in [4.78, 5) is 36.3. The van der Waals surface area contributed by atoms with Gasteiger partial charge in [-0.25, -0.2) is 4.79 Å². The number of carbonyl (C=O) groups is 3. The average Bonchev–Trinajstić information content (AvgIpc) is 3.08. The van der Waals surface area contributed by atoms with Crippen LogP contribution in [-0.2, 0) is 19.1 Å². The molecule has 2 N–H and O–H groups in total. The normalized spacial score (nSPS) is 12.0. The van der Waals surface area contributed by atoms with E-state index in [0.717, 1.165) is 44.4 Å². The van der Waals surface area contributed by atoms with Crippen molar-refractivity contribution in [1.82, 2.24) is 5.32 Å². The van der Waals surface area contributed by atoms with E-state index in [4.69, 9.17) is 4.74 Å². The fourth-order valence-electron chi connectivity index (χ4n) is 6.87. The first kappa shape index (κ1) is 48.4. The summed E-state index contributed by atoms with van der Waals surface area (Å²) in [6.45, 7) is 7.18. The van der Waals surface area contributed by atoms with Crippen LogP contribution in [-0.4, -0.2) is 35.6 Å². The second kappa shape index (κ2) is 38.6. The second-order valence-electron chi connectivity index (χ2n) is 15.8. The first-order valence-corrected chi connectivity index (χ1v) is 22.0. The van der Waals surface area contributed by atoms with Gasteiger partial charge in [-0.05, 0) is 18.8 Å². The zero-order valence-corrected chi connectivity index (χ0v) is 33.7. The quantitative estimate of drug-likeness (QED) is 0.0488. The Kier molecular flexibility index (Phi) is 37.4. The van der Waals surface area contributed by atoms with Crippen LogP contribution < -0.4 is 5.32 Å². The molecule has 0 aliphatic rings. The molecular weight excluding hydrogens is 622 g/mol. The summed E-state index contributed by atoms with van der Waals surface area (Å²) >= 11 is 0. The monoisotopic (exact) mass is 708 g/mol. The standard InChI is InChI=1S/C44H85NO5/c1-4-5-6-7-8-9-10-11-12-13-16-19-22-25-28-31-34-37-42(46)45-41(39-43(47)48)44(49)50-38-35-32-29-26-23-20-17-14-15-18-21-24-27-30-33-36-40(2)3/h40-41H,4-39H2,1-3H3,(H,45,46)(H,47,48)/t41-/m0/s1. The van der Waals surface area contributed by atoms with E-state index in [0.29, 0.717) is 6.42 Å². The smallest absolute Gasteiger partial charge is 0.329 e. The van der Waals surface area contributed by atoms with E-state index in [9.17, 15) is 19.5 Å². The molecular formula is C44H85NO5. The van der Waals surface area contributed by atoms with E-state index in [1.165, 1.54) is 173 Å². The molecule has 0 aliphatic carbocycles. The Labute approximate surface area is 310 Å². The van der Waals surface area contributed by atoms with E-state index in [1.54, 1.807) is 0 Å². The van der Waals surface area contributed by atoms with Gasteiger partial charge in [0.1, 0.15) is 6.04 Å². The highest BCUT2D eigenvalue weighted by atomic mass is 16.5. The first-order valence-electron chi connectivity index (χ1n) is 22.0. The Morgan fingerprint density at radius 1 is 0.500 bits per heavy atom. The number of carboxylic acid groups (broad SMARTS) is 1. The van der Waals surface area contributed by atoms with Crippen molar-refractivity contribution < 1.29 is 24.2 Å². The fraction of sp³-hybridized carbons (Fsp3) is 0.932. The van der Waals surface area contributed by atoms with Gasteiger partial charge in [0.15, 0.2) is 0 Å². The van der Waals surface area contributed by atoms with Gasteiger partial charge in [0.25, 0.3) is 0 Å². The maximum Gasteiger partial charge on any atom is 0.329 e. The summed E-state index contributed by atoms with van der Waals surface area (Å²) in [7, 11) is 0. The van der Waals surface area contributed by atoms with Crippen molar-refractivity contribution in [3.8, 4) is 0 Å². The maximum absolute atomic E-state index is 12.5. The number of nitrogens with one attached hydrogen (secondary N) is 1. The van der Waals surface area contributed by atoms with Crippen molar-refractivity contribution in [3.63, 3.8) is 0 Å². The van der Waals surface area contributed by atoms with Crippen molar-refractivity contribution >= 4 is 17.8 Å². The molecule has 6 nitrogen and oxygen atoms in total. The predicted octanol–water partition coefficient (Wildman–Crippen LogP) is 13.4. The molecule has 0 bridgehead atoms. The molecule has 0 fully saturated rings. The first-order chi connectivity index (χ1) is 24.4. The minimum absolute atomic E-state index is 0.262. The lowest BCUT2D eigenvalue weighted by atomic mass is 10.0. The summed E-state index contributed by atoms with van der Waals surface area (Å²) in [5.74, 6) is -1.16. The third-order valence-electron chi connectivity index (χ3n) is 10.2. The van der Waals surface area contributed by atoms with Gasteiger partial charge in [-0.3, -0.25) is 9.59 Å². The minimum atomic E-state index is -1.11. The number of rotatable bonds is 40. The van der Waals surface area contributed by atoms with Gasteiger partial charge in [0, 0.05) is 6.42 Å². The van der Waals surface area contributed by atoms with Crippen molar-refractivity contribution in [2.75, 3.05) is 6.61 Å². The lowest BCUT2D eigenvalue weighted by Crippen LogP contribution is -2.43. The highest BCUT2D eigenvalue weighted by molar-refractivity contribution is 5.87. The molecule has 0 aromatic heterocycles. The molecule has 0 aromatic rings. The molecule has 0 aromatic carbocycles. The summed E-state index contributed by atoms with van der Waals surface area (Å²) in [6, 6.07) is -1.11. The van der Waals surface area contributed by atoms with Crippen LogP contribution >= 0.6 is 0 Å². The summed E-state index contributed by atoms with van der Waals surface area (Å²) in [5.41, 5.74) is 0. The fourth-order valence-corrected chi connectivity index (χ4v) is 6.87. The predicted molar refractivity (Wildman–Crippen MR) is 213 cm³/mol. The van der Waals surface area contributed by atoms with E-state index in [-0.39, 0.29) is 12.5 Å². The molecule has 296 valence electrons. The summed E-state index contributed by atoms with van der Waals surface area (Å²) < 4.78 is 5.36. The largest absolute Gasteiger partial charge is 0.481 e. The molecule has 1 amide bonds. The molecule has 0 spiro atoms. The van der Waals surface area contributed by atoms with E-state index in [2.05, 4.69) is 26.1 Å². The number of ether oxygens (including phenoxy) is 1. The second-order valence-corrected chi connectivity index (χ2v) is 15.8. The Bertz CT molecular complexity index is 755. The van der Waals surface area contributed by atoms with Gasteiger partial charge in [0.05, 0.1) is 13.0 Å². The van der Waals surface area contributed by atoms with Gasteiger partial charge in [-0.15, -0.1) is 0 Å². The summed E-state index contributed by atoms with van der Waals surface area (Å²) in [6.07, 6.45) is 42.2. The van der Waals surface area contributed by atoms with Crippen LogP contribution in [0.3, 0.4) is 0 Å². The minimum Gasteiger partial charge on any atom is -0.481 e. The summed E-state index contributed by atoms with van der Waals surface area (Å²) in [5, 5.41) is 11.9. The number of aliphatic carboxylic acids is 1. The third kappa shape index (κ3) is 37.7. The molecule has 6 heteroatoms. The Morgan fingerprint density at radius 2 is 0.840 bits per heavy atom. The van der Waals surface area contributed by atoms with Crippen LogP contribution in [0.5, 0.6) is 0 Å². The number of esters is 1. The van der Waals surface area contributed by atoms with E-state index >= 15 is 0 Å². The number of hydrogen-bond donors (Lipinski definition) is 2. The van der Waals surface area contributed by atoms with Crippen LogP contribution in [0.2, 0.25) is 0 Å². The van der Waals surface area contributed by atoms with Crippen LogP contribution in [0, 0.1) is 5.92 Å². The number of hydrogen-bond acceptors (Lipinski definition) is 4. The van der Waals surface area contributed by atoms with Crippen LogP contribution in [0.25, 0.3) is 0 Å². The molecule has 0 saturated heterocycles. The molecule has 1 atom stereocenters. The van der Waals surface area contributed by atoms with Crippen LogP contribution in [0.1, 0.15) is 245 Å². The third-order valence-corrected chi connectivity index (χ3v) is 10.2. The van der Waals surface area contributed by atoms with Gasteiger partial charge in [0.2, 0.25) is 5.91 Å². The molecule has 0 saturated carbocycles. The number of unbranched alkanes of at least 4 members (excludes halogenated alkanes) is 30. The Hall–Kier alpha value is -1.59. The van der Waals surface area contributed by atoms with Gasteiger partial charge in [-0.1, -0.05) is 220 Å². The van der Waals surface area contributed by atoms with Crippen molar-refractivity contribution in [2.24, 2.45) is 5.92 Å². The van der Waals surface area contributed by atoms with Gasteiger partial charge in [-0.2, -0.15) is 0 Å². The molecule has 0 aliphatic heterocycles. The van der Waals surface area contributed by atoms with Crippen LogP contribution in [0.4, 0.5) is 0 Å². The maximum atomic E-state index is 12.5. The Balaban J connectivity index is 3.67. The molecule has 0 radical (unpaired) electrons. The highest BCUT2D eigenvalue weighted by Crippen LogP contribution is 2.16. The topological polar surface area (TPSA) is 92.7 Å². The average molecular weight is 708 g/mol. The van der Waals surface area contributed by atoms with E-state index in [1.807, 2.05) is 0 Å². The van der Waals surface area contributed by atoms with Gasteiger partial charge < -0.3 is 15.2 Å². The number of carbonyl (C=O) groups excluding carboxylic acids is 2. The molecule has 0 unspecified atom stereocenters. The molecule has 0 heterocycles. The lowest BCUT2D eigenvalue weighted by molar-refractivity contribution is -0.151. The SMILES string of the molecule is CCCCCCCCCCCCCCCCCCCC(=O)N[C@@H](CC(=O)O)C(=O)OCCCCCCCCCCCCCCCCCC(C)C. The molecule has 0 rings (SSSR count). The van der Waals surface area contributed by atoms with Crippen LogP contribution in [0.15, 0.2) is 0 Å². The van der Waals surface area contributed by atoms with Crippen molar-refractivity contribution in [3.05, 3.63) is 0 Å². The Morgan fingerprint density at radius 3 is 1.20 bits per heavy atom. The number of carboxylic acids is 1. The van der Waals surface area contributed by atoms with E-state index < -0.39 is 24.4 Å². The zero-order chi connectivity index (χ0) is 36.8. The zero-order valence-electron chi connectivity index (χ0n) is 33.7. The van der Waals surface area contributed by atoms with Crippen molar-refractivity contribution in [2.45, 2.75) is 252 Å². The molecule has 50 heavy (non-hydrogen) atoms.